The molecule has 2 aliphatic heterocycles. The van der Waals surface area contributed by atoms with Crippen molar-refractivity contribution in [2.24, 2.45) is 11.7 Å². The van der Waals surface area contributed by atoms with Crippen LogP contribution < -0.4 is 25.8 Å². The fourth-order valence-corrected chi connectivity index (χ4v) is 9.05. The number of nitrogens with one attached hydrogen (secondary N) is 2. The highest BCUT2D eigenvalue weighted by Gasteiger charge is 2.48. The van der Waals surface area contributed by atoms with Crippen molar-refractivity contribution in [1.82, 2.24) is 35.3 Å². The lowest BCUT2D eigenvalue weighted by molar-refractivity contribution is -0.137. The van der Waals surface area contributed by atoms with E-state index >= 15 is 0 Å². The summed E-state index contributed by atoms with van der Waals surface area (Å²) < 4.78 is 67.6. The molecule has 1 saturated carbocycles. The summed E-state index contributed by atoms with van der Waals surface area (Å²) in [6, 6.07) is 17.8. The minimum Gasteiger partial charge on any atom is -0.494 e. The summed E-state index contributed by atoms with van der Waals surface area (Å²) in [5.41, 5.74) is 8.71. The molecule has 4 N–H and O–H groups in total. The van der Waals surface area contributed by atoms with Gasteiger partial charge in [0, 0.05) is 73.8 Å². The van der Waals surface area contributed by atoms with Crippen LogP contribution in [0.3, 0.4) is 0 Å². The third kappa shape index (κ3) is 13.4. The van der Waals surface area contributed by atoms with Crippen LogP contribution in [0.5, 0.6) is 11.5 Å². The van der Waals surface area contributed by atoms with Gasteiger partial charge in [-0.1, -0.05) is 24.3 Å². The first kappa shape index (κ1) is 52.2. The molecule has 0 spiro atoms. The average Bonchev–Trinajstić information content (AvgIpc) is 3.90. The number of likely N-dealkylation sites (tertiary alicyclic amines) is 2. The summed E-state index contributed by atoms with van der Waals surface area (Å²) in [5.74, 6) is -8.15. The van der Waals surface area contributed by atoms with E-state index in [2.05, 4.69) is 20.6 Å². The van der Waals surface area contributed by atoms with E-state index in [1.807, 2.05) is 4.90 Å². The zero-order valence-corrected chi connectivity index (χ0v) is 39.3. The summed E-state index contributed by atoms with van der Waals surface area (Å²) in [4.78, 5) is 77.2. The van der Waals surface area contributed by atoms with E-state index in [1.165, 1.54) is 36.9 Å². The predicted octanol–water partition coefficient (Wildman–Crippen LogP) is 5.37. The summed E-state index contributed by atoms with van der Waals surface area (Å²) in [6.45, 7) is -1.44. The Balaban J connectivity index is 0.885. The van der Waals surface area contributed by atoms with Crippen LogP contribution in [0.2, 0.25) is 0 Å². The minimum absolute atomic E-state index is 0.0601. The van der Waals surface area contributed by atoms with Gasteiger partial charge in [-0.2, -0.15) is 10.5 Å². The molecule has 4 heterocycles. The van der Waals surface area contributed by atoms with Gasteiger partial charge in [0.25, 0.3) is 23.7 Å². The second kappa shape index (κ2) is 23.5. The van der Waals surface area contributed by atoms with E-state index in [0.717, 1.165) is 22.6 Å². The highest BCUT2D eigenvalue weighted by Crippen LogP contribution is 2.34. The first-order chi connectivity index (χ1) is 34.5. The van der Waals surface area contributed by atoms with Gasteiger partial charge in [-0.3, -0.25) is 33.9 Å². The van der Waals surface area contributed by atoms with E-state index in [1.54, 1.807) is 60.7 Å². The van der Waals surface area contributed by atoms with Gasteiger partial charge in [-0.15, -0.1) is 0 Å². The Hall–Kier alpha value is -7.65. The summed E-state index contributed by atoms with van der Waals surface area (Å²) >= 11 is 0. The first-order valence-corrected chi connectivity index (χ1v) is 23.6. The molecule has 2 aromatic carbocycles. The van der Waals surface area contributed by atoms with Crippen molar-refractivity contribution in [2.45, 2.75) is 81.3 Å². The molecule has 3 aliphatic rings. The molecule has 3 fully saturated rings. The van der Waals surface area contributed by atoms with Crippen LogP contribution in [0.25, 0.3) is 22.3 Å². The van der Waals surface area contributed by atoms with Crippen LogP contribution in [0.1, 0.15) is 72.1 Å². The molecule has 7 rings (SSSR count). The van der Waals surface area contributed by atoms with Crippen LogP contribution >= 0.6 is 0 Å². The van der Waals surface area contributed by atoms with Crippen LogP contribution in [0.15, 0.2) is 85.5 Å². The molecule has 72 heavy (non-hydrogen) atoms. The SMILES string of the molecule is N#C[C@@H]1CC(F)(F)CN1C(=O)CNC(=O)c1ccncc1-c1ccc(OCCCN(CCCOc2ccc(-c3cnccc3C(=O)NCC(=O)N3CC(F)(F)C[C@H]3C#N)cc2)C(=O)C2CCC(N)CC2)cc1. The fraction of sp³-hybridized carbons (Fsp3) is 0.431. The normalized spacial score (nSPS) is 19.9. The molecule has 2 atom stereocenters. The number of carbonyl (C=O) groups is 5. The number of carbonyl (C=O) groups excluding carboxylic acids is 5. The van der Waals surface area contributed by atoms with Crippen LogP contribution in [0.4, 0.5) is 17.6 Å². The lowest BCUT2D eigenvalue weighted by Gasteiger charge is -2.31. The molecule has 1 aliphatic carbocycles. The smallest absolute Gasteiger partial charge is 0.268 e. The lowest BCUT2D eigenvalue weighted by atomic mass is 9.85. The number of amides is 5. The average molecular weight is 995 g/mol. The van der Waals surface area contributed by atoms with Crippen LogP contribution in [-0.2, 0) is 14.4 Å². The van der Waals surface area contributed by atoms with Gasteiger partial charge in [0.2, 0.25) is 17.7 Å². The van der Waals surface area contributed by atoms with Crippen molar-refractivity contribution in [3.05, 3.63) is 96.6 Å². The number of alkyl halides is 4. The predicted molar refractivity (Wildman–Crippen MR) is 252 cm³/mol. The summed E-state index contributed by atoms with van der Waals surface area (Å²) in [5, 5.41) is 23.4. The number of ether oxygens (including phenoxy) is 2. The number of benzene rings is 2. The van der Waals surface area contributed by atoms with Gasteiger partial charge in [0.1, 0.15) is 23.6 Å². The van der Waals surface area contributed by atoms with Crippen molar-refractivity contribution in [1.29, 1.82) is 10.5 Å². The Labute approximate surface area is 413 Å². The van der Waals surface area contributed by atoms with Crippen molar-refractivity contribution < 1.29 is 51.0 Å². The monoisotopic (exact) mass is 994 g/mol. The van der Waals surface area contributed by atoms with E-state index < -0.39 is 86.6 Å². The molecule has 378 valence electrons. The fourth-order valence-electron chi connectivity index (χ4n) is 9.05. The van der Waals surface area contributed by atoms with Gasteiger partial charge < -0.3 is 40.5 Å². The van der Waals surface area contributed by atoms with Gasteiger partial charge in [0.15, 0.2) is 0 Å². The number of hydrogen-bond donors (Lipinski definition) is 3. The highest BCUT2D eigenvalue weighted by atomic mass is 19.3. The molecule has 0 unspecified atom stereocenters. The topological polar surface area (TPSA) is 237 Å². The third-order valence-corrected chi connectivity index (χ3v) is 12.9. The van der Waals surface area contributed by atoms with Gasteiger partial charge in [-0.25, -0.2) is 17.6 Å². The second-order valence-electron chi connectivity index (χ2n) is 18.1. The molecular weight excluding hydrogens is 941 g/mol. The van der Waals surface area contributed by atoms with Crippen molar-refractivity contribution >= 4 is 29.5 Å². The number of nitriles is 2. The van der Waals surface area contributed by atoms with Crippen LogP contribution in [-0.4, -0.2) is 137 Å². The molecule has 0 bridgehead atoms. The molecule has 2 saturated heterocycles. The van der Waals surface area contributed by atoms with E-state index in [9.17, 15) is 52.1 Å². The standard InChI is InChI=1S/C51H54F4N10O7/c52-50(53)23-37(25-56)64(31-50)45(66)29-61-47(68)41-15-17-59-27-43(41)33-5-11-39(12-6-33)71-21-1-19-63(49(70)35-3-9-36(58)10-4-35)20-2-22-72-40-13-7-34(8-14-40)44-28-60-18-16-42(44)48(69)62-30-46(67)65-32-51(54,55)24-38(65)26-57/h5-8,11-18,27-28,35-38H,1-4,9-10,19-24,29-32,58H2,(H,61,68)(H,62,69)/t35?,36?,37-,38-/m0/s1. The first-order valence-electron chi connectivity index (χ1n) is 23.6. The molecule has 2 aromatic heterocycles. The zero-order valence-electron chi connectivity index (χ0n) is 39.3. The lowest BCUT2D eigenvalue weighted by Crippen LogP contribution is -2.43. The number of halogens is 4. The van der Waals surface area contributed by atoms with Gasteiger partial charge >= 0.3 is 0 Å². The van der Waals surface area contributed by atoms with E-state index in [0.29, 0.717) is 85.7 Å². The molecule has 0 radical (unpaired) electrons. The highest BCUT2D eigenvalue weighted by molar-refractivity contribution is 6.03. The van der Waals surface area contributed by atoms with Crippen molar-refractivity contribution in [3.8, 4) is 45.9 Å². The van der Waals surface area contributed by atoms with Crippen molar-refractivity contribution in [3.63, 3.8) is 0 Å². The maximum absolute atomic E-state index is 13.9. The van der Waals surface area contributed by atoms with Gasteiger partial charge in [-0.05, 0) is 86.1 Å². The molecule has 17 nitrogen and oxygen atoms in total. The number of pyridine rings is 2. The maximum atomic E-state index is 13.9. The minimum atomic E-state index is -3.18. The Morgan fingerprint density at radius 1 is 0.667 bits per heavy atom. The Bertz CT molecular complexity index is 2510. The number of rotatable bonds is 19. The Kier molecular flexibility index (Phi) is 17.0. The number of hydrogen-bond acceptors (Lipinski definition) is 12. The maximum Gasteiger partial charge on any atom is 0.268 e. The molecule has 5 amide bonds. The quantitative estimate of drug-likeness (QED) is 0.0794. The Morgan fingerprint density at radius 3 is 1.49 bits per heavy atom. The van der Waals surface area contributed by atoms with Crippen LogP contribution in [0, 0.1) is 28.6 Å². The number of nitrogens with two attached hydrogens (primary N) is 1. The molecule has 4 aromatic rings. The molecule has 21 heteroatoms. The second-order valence-corrected chi connectivity index (χ2v) is 18.1. The number of aromatic nitrogens is 2. The summed E-state index contributed by atoms with van der Waals surface area (Å²) in [6.07, 6.45) is 8.34. The van der Waals surface area contributed by atoms with Crippen molar-refractivity contribution in [2.75, 3.05) is 52.5 Å². The van der Waals surface area contributed by atoms with Gasteiger partial charge in [0.05, 0.1) is 62.7 Å². The summed E-state index contributed by atoms with van der Waals surface area (Å²) in [7, 11) is 0. The largest absolute Gasteiger partial charge is 0.494 e. The molecular formula is C51H54F4N10O7. The van der Waals surface area contributed by atoms with E-state index in [4.69, 9.17) is 15.2 Å². The zero-order chi connectivity index (χ0) is 51.4. The Morgan fingerprint density at radius 2 is 1.08 bits per heavy atom. The third-order valence-electron chi connectivity index (χ3n) is 12.9. The van der Waals surface area contributed by atoms with E-state index in [-0.39, 0.29) is 29.0 Å². The number of nitrogens with zero attached hydrogens (tertiary/aromatic N) is 7.